The van der Waals surface area contributed by atoms with Crippen molar-refractivity contribution in [2.45, 2.75) is 0 Å². The number of likely N-dealkylation sites (N-methyl/N-ethyl adjacent to an activating group) is 1. The SMILES string of the molecule is CN1CCN(C(=O)c2cccnc2Cl)c2ccccc21. The van der Waals surface area contributed by atoms with Crippen LogP contribution in [0.2, 0.25) is 5.15 Å². The summed E-state index contributed by atoms with van der Waals surface area (Å²) in [5.41, 5.74) is 2.40. The van der Waals surface area contributed by atoms with Crippen LogP contribution in [-0.2, 0) is 0 Å². The van der Waals surface area contributed by atoms with Gasteiger partial charge in [-0.15, -0.1) is 0 Å². The first-order valence-corrected chi connectivity index (χ1v) is 6.79. The zero-order valence-corrected chi connectivity index (χ0v) is 11.8. The van der Waals surface area contributed by atoms with E-state index in [1.54, 1.807) is 23.2 Å². The molecule has 5 heteroatoms. The van der Waals surface area contributed by atoms with Crippen molar-refractivity contribution in [3.05, 3.63) is 53.3 Å². The number of nitrogens with zero attached hydrogens (tertiary/aromatic N) is 3. The molecule has 1 amide bonds. The lowest BCUT2D eigenvalue weighted by molar-refractivity contribution is 0.0986. The molecule has 2 heterocycles. The van der Waals surface area contributed by atoms with E-state index in [1.165, 1.54) is 0 Å². The van der Waals surface area contributed by atoms with E-state index >= 15 is 0 Å². The number of benzene rings is 1. The van der Waals surface area contributed by atoms with Gasteiger partial charge in [0.2, 0.25) is 0 Å². The summed E-state index contributed by atoms with van der Waals surface area (Å²) in [5.74, 6) is -0.108. The van der Waals surface area contributed by atoms with Crippen molar-refractivity contribution in [3.8, 4) is 0 Å². The smallest absolute Gasteiger partial charge is 0.261 e. The van der Waals surface area contributed by atoms with Gasteiger partial charge in [-0.1, -0.05) is 23.7 Å². The minimum Gasteiger partial charge on any atom is -0.371 e. The number of halogens is 1. The fraction of sp³-hybridized carbons (Fsp3) is 0.200. The first kappa shape index (κ1) is 12.9. The van der Waals surface area contributed by atoms with E-state index in [0.717, 1.165) is 17.9 Å². The maximum Gasteiger partial charge on any atom is 0.261 e. The summed E-state index contributed by atoms with van der Waals surface area (Å²) >= 11 is 6.03. The van der Waals surface area contributed by atoms with Crippen molar-refractivity contribution in [1.29, 1.82) is 0 Å². The van der Waals surface area contributed by atoms with Crippen LogP contribution in [0.5, 0.6) is 0 Å². The highest BCUT2D eigenvalue weighted by atomic mass is 35.5. The summed E-state index contributed by atoms with van der Waals surface area (Å²) in [6.45, 7) is 1.43. The van der Waals surface area contributed by atoms with Gasteiger partial charge in [0, 0.05) is 26.3 Å². The highest BCUT2D eigenvalue weighted by molar-refractivity contribution is 6.33. The molecule has 1 aliphatic rings. The number of hydrogen-bond donors (Lipinski definition) is 0. The topological polar surface area (TPSA) is 36.4 Å². The molecule has 0 aliphatic carbocycles. The maximum atomic E-state index is 12.7. The van der Waals surface area contributed by atoms with E-state index in [0.29, 0.717) is 12.1 Å². The van der Waals surface area contributed by atoms with Crippen LogP contribution >= 0.6 is 11.6 Å². The number of pyridine rings is 1. The summed E-state index contributed by atoms with van der Waals surface area (Å²) in [5, 5.41) is 0.244. The molecule has 1 aromatic heterocycles. The fourth-order valence-electron chi connectivity index (χ4n) is 2.41. The molecule has 2 aromatic rings. The maximum absolute atomic E-state index is 12.7. The molecule has 1 aromatic carbocycles. The van der Waals surface area contributed by atoms with Gasteiger partial charge in [0.05, 0.1) is 16.9 Å². The molecular formula is C15H14ClN3O. The Hall–Kier alpha value is -2.07. The van der Waals surface area contributed by atoms with Gasteiger partial charge in [0.1, 0.15) is 5.15 Å². The van der Waals surface area contributed by atoms with Gasteiger partial charge >= 0.3 is 0 Å². The first-order valence-electron chi connectivity index (χ1n) is 6.41. The van der Waals surface area contributed by atoms with Crippen molar-refractivity contribution < 1.29 is 4.79 Å². The lowest BCUT2D eigenvalue weighted by atomic mass is 10.1. The van der Waals surface area contributed by atoms with E-state index in [9.17, 15) is 4.79 Å². The average Bonchev–Trinajstić information content (AvgIpc) is 2.48. The molecule has 0 radical (unpaired) electrons. The lowest BCUT2D eigenvalue weighted by Crippen LogP contribution is -2.42. The third-order valence-electron chi connectivity index (χ3n) is 3.48. The van der Waals surface area contributed by atoms with Crippen LogP contribution in [0.3, 0.4) is 0 Å². The molecule has 1 aliphatic heterocycles. The highest BCUT2D eigenvalue weighted by Gasteiger charge is 2.26. The minimum atomic E-state index is -0.108. The van der Waals surface area contributed by atoms with Crippen molar-refractivity contribution in [1.82, 2.24) is 4.98 Å². The van der Waals surface area contributed by atoms with Crippen molar-refractivity contribution in [2.24, 2.45) is 0 Å². The molecule has 0 spiro atoms. The van der Waals surface area contributed by atoms with Crippen LogP contribution < -0.4 is 9.80 Å². The Balaban J connectivity index is 2.02. The van der Waals surface area contributed by atoms with Gasteiger partial charge in [0.25, 0.3) is 5.91 Å². The van der Waals surface area contributed by atoms with Crippen molar-refractivity contribution in [2.75, 3.05) is 29.9 Å². The monoisotopic (exact) mass is 287 g/mol. The summed E-state index contributed by atoms with van der Waals surface area (Å²) in [7, 11) is 2.03. The number of carbonyl (C=O) groups is 1. The van der Waals surface area contributed by atoms with Crippen molar-refractivity contribution in [3.63, 3.8) is 0 Å². The van der Waals surface area contributed by atoms with Crippen LogP contribution in [0.25, 0.3) is 0 Å². The number of para-hydroxylation sites is 2. The first-order chi connectivity index (χ1) is 9.68. The normalized spacial score (nSPS) is 14.1. The van der Waals surface area contributed by atoms with Crippen LogP contribution in [0, 0.1) is 0 Å². The highest BCUT2D eigenvalue weighted by Crippen LogP contribution is 2.33. The quantitative estimate of drug-likeness (QED) is 0.757. The Morgan fingerprint density at radius 3 is 2.65 bits per heavy atom. The van der Waals surface area contributed by atoms with Gasteiger partial charge in [0.15, 0.2) is 0 Å². The van der Waals surface area contributed by atoms with E-state index < -0.39 is 0 Å². The van der Waals surface area contributed by atoms with Gasteiger partial charge in [-0.2, -0.15) is 0 Å². The molecule has 0 fully saturated rings. The Labute approximate surface area is 122 Å². The lowest BCUT2D eigenvalue weighted by Gasteiger charge is -2.35. The second kappa shape index (κ2) is 5.13. The molecule has 4 nitrogen and oxygen atoms in total. The zero-order chi connectivity index (χ0) is 14.1. The van der Waals surface area contributed by atoms with Gasteiger partial charge < -0.3 is 9.80 Å². The van der Waals surface area contributed by atoms with E-state index in [1.807, 2.05) is 31.3 Å². The summed E-state index contributed by atoms with van der Waals surface area (Å²) in [4.78, 5) is 20.6. The Kier molecular flexibility index (Phi) is 3.32. The van der Waals surface area contributed by atoms with Crippen molar-refractivity contribution >= 4 is 28.9 Å². The predicted octanol–water partition coefficient (Wildman–Crippen LogP) is 2.83. The molecule has 0 bridgehead atoms. The van der Waals surface area contributed by atoms with Crippen LogP contribution in [0.1, 0.15) is 10.4 Å². The molecule has 102 valence electrons. The number of hydrogen-bond acceptors (Lipinski definition) is 3. The predicted molar refractivity (Wildman–Crippen MR) is 80.6 cm³/mol. The Morgan fingerprint density at radius 1 is 1.15 bits per heavy atom. The van der Waals surface area contributed by atoms with Crippen LogP contribution in [0.4, 0.5) is 11.4 Å². The average molecular weight is 288 g/mol. The van der Waals surface area contributed by atoms with Crippen LogP contribution in [-0.4, -0.2) is 31.0 Å². The van der Waals surface area contributed by atoms with Crippen LogP contribution in [0.15, 0.2) is 42.6 Å². The van der Waals surface area contributed by atoms with E-state index in [2.05, 4.69) is 9.88 Å². The molecule has 0 atom stereocenters. The molecule has 0 saturated carbocycles. The number of aromatic nitrogens is 1. The zero-order valence-electron chi connectivity index (χ0n) is 11.1. The molecular weight excluding hydrogens is 274 g/mol. The largest absolute Gasteiger partial charge is 0.371 e. The molecule has 0 unspecified atom stereocenters. The van der Waals surface area contributed by atoms with Gasteiger partial charge in [-0.05, 0) is 24.3 Å². The van der Waals surface area contributed by atoms with Gasteiger partial charge in [-0.25, -0.2) is 4.98 Å². The standard InChI is InChI=1S/C15H14ClN3O/c1-18-9-10-19(13-7-3-2-6-12(13)18)15(20)11-5-4-8-17-14(11)16/h2-8H,9-10H2,1H3. The van der Waals surface area contributed by atoms with E-state index in [4.69, 9.17) is 11.6 Å². The summed E-state index contributed by atoms with van der Waals surface area (Å²) < 4.78 is 0. The number of anilines is 2. The second-order valence-corrected chi connectivity index (χ2v) is 5.07. The molecule has 3 rings (SSSR count). The molecule has 20 heavy (non-hydrogen) atoms. The Bertz CT molecular complexity index is 659. The van der Waals surface area contributed by atoms with Gasteiger partial charge in [-0.3, -0.25) is 4.79 Å². The number of carbonyl (C=O) groups excluding carboxylic acids is 1. The molecule has 0 saturated heterocycles. The summed E-state index contributed by atoms with van der Waals surface area (Å²) in [6.07, 6.45) is 1.58. The van der Waals surface area contributed by atoms with E-state index in [-0.39, 0.29) is 11.1 Å². The second-order valence-electron chi connectivity index (χ2n) is 4.71. The number of rotatable bonds is 1. The Morgan fingerprint density at radius 2 is 1.90 bits per heavy atom. The fourth-order valence-corrected chi connectivity index (χ4v) is 2.61. The third-order valence-corrected chi connectivity index (χ3v) is 3.78. The third kappa shape index (κ3) is 2.12. The molecule has 0 N–H and O–H groups in total. The number of amides is 1. The minimum absolute atomic E-state index is 0.108. The number of fused-ring (bicyclic) bond motifs is 1. The summed E-state index contributed by atoms with van der Waals surface area (Å²) in [6, 6.07) is 11.3.